The molecule has 2 atom stereocenters. The Balaban J connectivity index is 4.15. The number of hydrogen-bond acceptors (Lipinski definition) is 3. The van der Waals surface area contributed by atoms with Gasteiger partial charge < -0.3 is 21.5 Å². The molecule has 3 amide bonds. The topological polar surface area (TPSA) is 122 Å². The van der Waals surface area contributed by atoms with Gasteiger partial charge in [-0.25, -0.2) is 4.79 Å². The Morgan fingerprint density at radius 1 is 1.22 bits per heavy atom. The summed E-state index contributed by atoms with van der Waals surface area (Å²) in [5.74, 6) is -1.46. The Morgan fingerprint density at radius 2 is 1.83 bits per heavy atom. The van der Waals surface area contributed by atoms with Gasteiger partial charge in [0.15, 0.2) is 0 Å². The van der Waals surface area contributed by atoms with E-state index in [1.165, 1.54) is 0 Å². The second-order valence-electron chi connectivity index (χ2n) is 4.27. The maximum Gasteiger partial charge on any atom is 0.315 e. The highest BCUT2D eigenvalue weighted by molar-refractivity contribution is 5.78. The van der Waals surface area contributed by atoms with Crippen LogP contribution in [0.3, 0.4) is 0 Å². The first-order valence-corrected chi connectivity index (χ1v) is 5.92. The highest BCUT2D eigenvalue weighted by Gasteiger charge is 2.16. The van der Waals surface area contributed by atoms with Crippen LogP contribution in [0.15, 0.2) is 0 Å². The van der Waals surface area contributed by atoms with Crippen LogP contribution in [-0.4, -0.2) is 35.1 Å². The zero-order valence-corrected chi connectivity index (χ0v) is 10.7. The molecule has 0 aliphatic carbocycles. The van der Waals surface area contributed by atoms with E-state index in [1.54, 1.807) is 6.92 Å². The average Bonchev–Trinajstić information content (AvgIpc) is 2.14. The summed E-state index contributed by atoms with van der Waals surface area (Å²) in [4.78, 5) is 32.8. The van der Waals surface area contributed by atoms with Crippen LogP contribution in [-0.2, 0) is 9.59 Å². The molecule has 0 saturated carbocycles. The van der Waals surface area contributed by atoms with Gasteiger partial charge >= 0.3 is 12.0 Å². The van der Waals surface area contributed by atoms with Gasteiger partial charge in [0.1, 0.15) is 0 Å². The Morgan fingerprint density at radius 3 is 2.28 bits per heavy atom. The number of carboxylic acid groups (broad SMARTS) is 1. The first-order valence-electron chi connectivity index (χ1n) is 5.92. The molecule has 7 nitrogen and oxygen atoms in total. The molecule has 0 aromatic carbocycles. The van der Waals surface area contributed by atoms with Gasteiger partial charge in [-0.1, -0.05) is 13.3 Å². The van der Waals surface area contributed by atoms with Crippen LogP contribution in [0.4, 0.5) is 4.79 Å². The minimum absolute atomic E-state index is 0.0464. The number of amides is 3. The van der Waals surface area contributed by atoms with Gasteiger partial charge in [-0.05, 0) is 13.3 Å². The zero-order valence-electron chi connectivity index (χ0n) is 10.7. The van der Waals surface area contributed by atoms with Crippen molar-refractivity contribution in [1.29, 1.82) is 0 Å². The summed E-state index contributed by atoms with van der Waals surface area (Å²) in [6, 6.07) is -1.27. The Bertz CT molecular complexity index is 307. The molecule has 0 aliphatic heterocycles. The van der Waals surface area contributed by atoms with E-state index in [1.807, 2.05) is 6.92 Å². The fourth-order valence-electron chi connectivity index (χ4n) is 1.59. The number of nitrogens with two attached hydrogens (primary N) is 1. The highest BCUT2D eigenvalue weighted by Crippen LogP contribution is 2.02. The summed E-state index contributed by atoms with van der Waals surface area (Å²) in [6.45, 7) is 3.56. The van der Waals surface area contributed by atoms with Crippen molar-refractivity contribution in [3.63, 3.8) is 0 Å². The van der Waals surface area contributed by atoms with E-state index in [-0.39, 0.29) is 18.9 Å². The van der Waals surface area contributed by atoms with Gasteiger partial charge in [-0.2, -0.15) is 0 Å². The number of carbonyl (C=O) groups excluding carboxylic acids is 2. The standard InChI is InChI=1S/C11H21N3O4/c1-3-4-8(6-10(16)17)14-11(18)13-7(2)5-9(12)15/h7-8H,3-6H2,1-2H3,(H2,12,15)(H,16,17)(H2,13,14,18). The fraction of sp³-hybridized carbons (Fsp3) is 0.727. The monoisotopic (exact) mass is 259 g/mol. The first kappa shape index (κ1) is 16.2. The summed E-state index contributed by atoms with van der Waals surface area (Å²) in [6.07, 6.45) is 1.29. The molecule has 0 heterocycles. The molecular weight excluding hydrogens is 238 g/mol. The smallest absolute Gasteiger partial charge is 0.315 e. The van der Waals surface area contributed by atoms with Gasteiger partial charge in [-0.3, -0.25) is 9.59 Å². The quantitative estimate of drug-likeness (QED) is 0.497. The molecule has 7 heteroatoms. The van der Waals surface area contributed by atoms with Gasteiger partial charge in [0.2, 0.25) is 5.91 Å². The third kappa shape index (κ3) is 8.37. The van der Waals surface area contributed by atoms with Crippen LogP contribution in [0.5, 0.6) is 0 Å². The largest absolute Gasteiger partial charge is 0.481 e. The summed E-state index contributed by atoms with van der Waals surface area (Å²) in [5.41, 5.74) is 5.00. The second kappa shape index (κ2) is 8.32. The lowest BCUT2D eigenvalue weighted by molar-refractivity contribution is -0.137. The van der Waals surface area contributed by atoms with Gasteiger partial charge in [0, 0.05) is 18.5 Å². The molecule has 0 aliphatic rings. The molecule has 0 saturated heterocycles. The van der Waals surface area contributed by atoms with Crippen molar-refractivity contribution < 1.29 is 19.5 Å². The SMILES string of the molecule is CCCC(CC(=O)O)NC(=O)NC(C)CC(N)=O. The van der Waals surface area contributed by atoms with Crippen molar-refractivity contribution in [2.75, 3.05) is 0 Å². The predicted molar refractivity (Wildman–Crippen MR) is 65.9 cm³/mol. The third-order valence-electron chi connectivity index (χ3n) is 2.28. The van der Waals surface area contributed by atoms with Crippen molar-refractivity contribution in [2.24, 2.45) is 5.73 Å². The van der Waals surface area contributed by atoms with Crippen molar-refractivity contribution in [1.82, 2.24) is 10.6 Å². The number of rotatable bonds is 8. The molecule has 5 N–H and O–H groups in total. The molecule has 0 radical (unpaired) electrons. The molecule has 0 bridgehead atoms. The summed E-state index contributed by atoms with van der Waals surface area (Å²) in [5, 5.41) is 13.8. The number of primary amides is 1. The van der Waals surface area contributed by atoms with Crippen LogP contribution >= 0.6 is 0 Å². The lowest BCUT2D eigenvalue weighted by Gasteiger charge is -2.18. The Labute approximate surface area is 106 Å². The van der Waals surface area contributed by atoms with Crippen LogP contribution in [0.25, 0.3) is 0 Å². The van der Waals surface area contributed by atoms with E-state index in [2.05, 4.69) is 10.6 Å². The van der Waals surface area contributed by atoms with Crippen LogP contribution in [0.1, 0.15) is 39.5 Å². The molecule has 0 rings (SSSR count). The number of hydrogen-bond donors (Lipinski definition) is 4. The fourth-order valence-corrected chi connectivity index (χ4v) is 1.59. The van der Waals surface area contributed by atoms with Gasteiger partial charge in [0.05, 0.1) is 6.42 Å². The Hall–Kier alpha value is -1.79. The maximum absolute atomic E-state index is 11.5. The molecule has 2 unspecified atom stereocenters. The van der Waals surface area contributed by atoms with Crippen LogP contribution in [0, 0.1) is 0 Å². The number of carboxylic acids is 1. The van der Waals surface area contributed by atoms with Crippen LogP contribution < -0.4 is 16.4 Å². The molecule has 0 fully saturated rings. The van der Waals surface area contributed by atoms with Gasteiger partial charge in [0.25, 0.3) is 0 Å². The molecule has 0 aromatic rings. The molecule has 0 aromatic heterocycles. The highest BCUT2D eigenvalue weighted by atomic mass is 16.4. The van der Waals surface area contributed by atoms with Gasteiger partial charge in [-0.15, -0.1) is 0 Å². The molecule has 104 valence electrons. The molecule has 0 spiro atoms. The minimum atomic E-state index is -0.959. The van der Waals surface area contributed by atoms with Crippen molar-refractivity contribution in [3.8, 4) is 0 Å². The van der Waals surface area contributed by atoms with E-state index >= 15 is 0 Å². The Kier molecular flexibility index (Phi) is 7.50. The summed E-state index contributed by atoms with van der Waals surface area (Å²) in [7, 11) is 0. The van der Waals surface area contributed by atoms with Crippen molar-refractivity contribution >= 4 is 17.9 Å². The predicted octanol–water partition coefficient (Wildman–Crippen LogP) is 0.193. The zero-order chi connectivity index (χ0) is 14.1. The van der Waals surface area contributed by atoms with Crippen LogP contribution in [0.2, 0.25) is 0 Å². The lowest BCUT2D eigenvalue weighted by atomic mass is 10.1. The molecule has 18 heavy (non-hydrogen) atoms. The summed E-state index contributed by atoms with van der Waals surface area (Å²) < 4.78 is 0. The number of nitrogens with one attached hydrogen (secondary N) is 2. The number of urea groups is 1. The average molecular weight is 259 g/mol. The van der Waals surface area contributed by atoms with E-state index in [4.69, 9.17) is 10.8 Å². The first-order chi connectivity index (χ1) is 8.35. The number of aliphatic carboxylic acids is 1. The van der Waals surface area contributed by atoms with E-state index in [0.29, 0.717) is 6.42 Å². The van der Waals surface area contributed by atoms with E-state index in [0.717, 1.165) is 6.42 Å². The number of carbonyl (C=O) groups is 3. The van der Waals surface area contributed by atoms with Crippen molar-refractivity contribution in [3.05, 3.63) is 0 Å². The van der Waals surface area contributed by atoms with Crippen molar-refractivity contribution in [2.45, 2.75) is 51.6 Å². The maximum atomic E-state index is 11.5. The minimum Gasteiger partial charge on any atom is -0.481 e. The normalized spacial score (nSPS) is 13.4. The van der Waals surface area contributed by atoms with E-state index < -0.39 is 23.9 Å². The lowest BCUT2D eigenvalue weighted by Crippen LogP contribution is -2.46. The summed E-state index contributed by atoms with van der Waals surface area (Å²) >= 11 is 0. The van der Waals surface area contributed by atoms with E-state index in [9.17, 15) is 14.4 Å². The third-order valence-corrected chi connectivity index (χ3v) is 2.28. The molecular formula is C11H21N3O4. The second-order valence-corrected chi connectivity index (χ2v) is 4.27.